The van der Waals surface area contributed by atoms with Gasteiger partial charge in [-0.3, -0.25) is 0 Å². The number of azide groups is 1. The molecule has 0 aliphatic carbocycles. The highest BCUT2D eigenvalue weighted by Crippen LogP contribution is 2.19. The van der Waals surface area contributed by atoms with Crippen LogP contribution in [0.1, 0.15) is 17.2 Å². The number of hydrogen-bond donors (Lipinski definition) is 2. The summed E-state index contributed by atoms with van der Waals surface area (Å²) in [6.07, 6.45) is -2.12. The summed E-state index contributed by atoms with van der Waals surface area (Å²) in [5, 5.41) is 23.2. The van der Waals surface area contributed by atoms with Crippen LogP contribution in [-0.2, 0) is 5.33 Å². The first-order valence-electron chi connectivity index (χ1n) is 4.71. The summed E-state index contributed by atoms with van der Waals surface area (Å²) in [7, 11) is 0. The Kier molecular flexibility index (Phi) is 5.28. The lowest BCUT2D eigenvalue weighted by Crippen LogP contribution is -2.21. The van der Waals surface area contributed by atoms with E-state index in [0.29, 0.717) is 10.9 Å². The average Bonchev–Trinajstić information content (AvgIpc) is 2.35. The van der Waals surface area contributed by atoms with Crippen LogP contribution in [0.4, 0.5) is 0 Å². The highest BCUT2D eigenvalue weighted by Gasteiger charge is 2.17. The molecule has 0 aliphatic rings. The van der Waals surface area contributed by atoms with Gasteiger partial charge >= 0.3 is 0 Å². The van der Waals surface area contributed by atoms with Gasteiger partial charge < -0.3 is 10.2 Å². The molecule has 0 aliphatic heterocycles. The molecule has 6 heteroatoms. The first-order chi connectivity index (χ1) is 7.69. The first-order valence-corrected chi connectivity index (χ1v) is 5.83. The van der Waals surface area contributed by atoms with E-state index in [1.165, 1.54) is 0 Å². The minimum atomic E-state index is -1.08. The van der Waals surface area contributed by atoms with Gasteiger partial charge in [-0.15, -0.1) is 0 Å². The Morgan fingerprint density at radius 2 is 2.19 bits per heavy atom. The van der Waals surface area contributed by atoms with E-state index in [-0.39, 0.29) is 6.54 Å². The van der Waals surface area contributed by atoms with E-state index in [4.69, 9.17) is 5.53 Å². The molecule has 5 nitrogen and oxygen atoms in total. The summed E-state index contributed by atoms with van der Waals surface area (Å²) in [4.78, 5) is 2.53. The van der Waals surface area contributed by atoms with Crippen molar-refractivity contribution in [1.29, 1.82) is 0 Å². The lowest BCUT2D eigenvalue weighted by atomic mass is 10.0. The molecular formula is C10H12BrN3O2. The molecule has 0 amide bonds. The van der Waals surface area contributed by atoms with Crippen molar-refractivity contribution in [3.8, 4) is 0 Å². The molecule has 0 fully saturated rings. The van der Waals surface area contributed by atoms with Crippen LogP contribution in [0.3, 0.4) is 0 Å². The van der Waals surface area contributed by atoms with Crippen molar-refractivity contribution in [1.82, 2.24) is 0 Å². The van der Waals surface area contributed by atoms with E-state index in [0.717, 1.165) is 5.56 Å². The second-order valence-electron chi connectivity index (χ2n) is 3.30. The fourth-order valence-electron chi connectivity index (χ4n) is 1.30. The van der Waals surface area contributed by atoms with Gasteiger partial charge in [0.05, 0.1) is 12.6 Å². The van der Waals surface area contributed by atoms with Crippen LogP contribution in [0.25, 0.3) is 10.4 Å². The summed E-state index contributed by atoms with van der Waals surface area (Å²) in [6.45, 7) is -0.143. The molecule has 2 N–H and O–H groups in total. The number of aliphatic hydroxyl groups excluding tert-OH is 2. The van der Waals surface area contributed by atoms with E-state index in [1.807, 2.05) is 6.07 Å². The van der Waals surface area contributed by atoms with E-state index < -0.39 is 12.2 Å². The summed E-state index contributed by atoms with van der Waals surface area (Å²) in [6, 6.07) is 7.22. The highest BCUT2D eigenvalue weighted by molar-refractivity contribution is 9.08. The van der Waals surface area contributed by atoms with Crippen LogP contribution >= 0.6 is 15.9 Å². The predicted octanol–water partition coefficient (Wildman–Crippen LogP) is 2.29. The number of hydrogen-bond acceptors (Lipinski definition) is 3. The number of aliphatic hydroxyl groups is 2. The van der Waals surface area contributed by atoms with Crippen molar-refractivity contribution in [2.45, 2.75) is 17.5 Å². The molecule has 1 aromatic carbocycles. The molecule has 86 valence electrons. The largest absolute Gasteiger partial charge is 0.390 e. The van der Waals surface area contributed by atoms with E-state index in [1.54, 1.807) is 18.2 Å². The Hall–Kier alpha value is -1.07. The van der Waals surface area contributed by atoms with Crippen LogP contribution in [0.15, 0.2) is 29.4 Å². The van der Waals surface area contributed by atoms with Gasteiger partial charge in [0.2, 0.25) is 0 Å². The standard InChI is InChI=1S/C10H12BrN3O2/c11-5-7-2-1-3-8(4-7)10(16)9(15)6-13-14-12/h1-4,9-10,15-16H,5-6H2. The predicted molar refractivity (Wildman–Crippen MR) is 64.1 cm³/mol. The number of alkyl halides is 1. The summed E-state index contributed by atoms with van der Waals surface area (Å²) >= 11 is 3.31. The zero-order valence-corrected chi connectivity index (χ0v) is 10.1. The normalized spacial score (nSPS) is 13.9. The molecule has 16 heavy (non-hydrogen) atoms. The third-order valence-corrected chi connectivity index (χ3v) is 2.79. The molecule has 0 radical (unpaired) electrons. The fraction of sp³-hybridized carbons (Fsp3) is 0.400. The molecule has 0 spiro atoms. The molecule has 0 aromatic heterocycles. The molecule has 1 rings (SSSR count). The van der Waals surface area contributed by atoms with Gasteiger partial charge in [-0.05, 0) is 16.7 Å². The minimum absolute atomic E-state index is 0.143. The van der Waals surface area contributed by atoms with Crippen LogP contribution in [0, 0.1) is 0 Å². The van der Waals surface area contributed by atoms with Gasteiger partial charge in [-0.2, -0.15) is 0 Å². The SMILES string of the molecule is [N-]=[N+]=NCC(O)C(O)c1cccc(CBr)c1. The highest BCUT2D eigenvalue weighted by atomic mass is 79.9. The maximum Gasteiger partial charge on any atom is 0.105 e. The second-order valence-corrected chi connectivity index (χ2v) is 3.87. The number of rotatable bonds is 5. The molecule has 0 heterocycles. The molecule has 0 saturated heterocycles. The monoisotopic (exact) mass is 285 g/mol. The number of nitrogens with zero attached hydrogens (tertiary/aromatic N) is 3. The Morgan fingerprint density at radius 3 is 2.81 bits per heavy atom. The van der Waals surface area contributed by atoms with E-state index in [2.05, 4.69) is 26.0 Å². The lowest BCUT2D eigenvalue weighted by molar-refractivity contribution is 0.0244. The summed E-state index contributed by atoms with van der Waals surface area (Å²) < 4.78 is 0. The molecule has 2 unspecified atom stereocenters. The van der Waals surface area contributed by atoms with Gasteiger partial charge in [0.25, 0.3) is 0 Å². The van der Waals surface area contributed by atoms with Gasteiger partial charge in [0.1, 0.15) is 6.10 Å². The van der Waals surface area contributed by atoms with Crippen molar-refractivity contribution >= 4 is 15.9 Å². The maximum atomic E-state index is 9.79. The first kappa shape index (κ1) is 13.0. The lowest BCUT2D eigenvalue weighted by Gasteiger charge is -2.16. The van der Waals surface area contributed by atoms with Gasteiger partial charge in [0.15, 0.2) is 0 Å². The van der Waals surface area contributed by atoms with Crippen LogP contribution < -0.4 is 0 Å². The Bertz CT molecular complexity index is 393. The Morgan fingerprint density at radius 1 is 1.44 bits per heavy atom. The summed E-state index contributed by atoms with van der Waals surface area (Å²) in [5.74, 6) is 0. The van der Waals surface area contributed by atoms with E-state index in [9.17, 15) is 10.2 Å². The average molecular weight is 286 g/mol. The van der Waals surface area contributed by atoms with Gasteiger partial charge in [-0.1, -0.05) is 45.3 Å². The topological polar surface area (TPSA) is 89.2 Å². The van der Waals surface area contributed by atoms with Crippen LogP contribution in [0.2, 0.25) is 0 Å². The van der Waals surface area contributed by atoms with Crippen molar-refractivity contribution in [3.63, 3.8) is 0 Å². The van der Waals surface area contributed by atoms with Crippen LogP contribution in [-0.4, -0.2) is 22.9 Å². The van der Waals surface area contributed by atoms with Crippen molar-refractivity contribution in [2.75, 3.05) is 6.54 Å². The molecule has 1 aromatic rings. The quantitative estimate of drug-likeness (QED) is 0.376. The van der Waals surface area contributed by atoms with Crippen LogP contribution in [0.5, 0.6) is 0 Å². The zero-order chi connectivity index (χ0) is 12.0. The van der Waals surface area contributed by atoms with E-state index >= 15 is 0 Å². The molecule has 0 bridgehead atoms. The third-order valence-electron chi connectivity index (χ3n) is 2.14. The summed E-state index contributed by atoms with van der Waals surface area (Å²) in [5.41, 5.74) is 9.72. The Labute approximate surface area is 101 Å². The van der Waals surface area contributed by atoms with Gasteiger partial charge in [0, 0.05) is 10.2 Å². The minimum Gasteiger partial charge on any atom is -0.390 e. The third kappa shape index (κ3) is 3.50. The van der Waals surface area contributed by atoms with Crippen molar-refractivity contribution < 1.29 is 10.2 Å². The molecule has 0 saturated carbocycles. The molecular weight excluding hydrogens is 274 g/mol. The van der Waals surface area contributed by atoms with Crippen molar-refractivity contribution in [3.05, 3.63) is 45.8 Å². The molecule has 2 atom stereocenters. The second kappa shape index (κ2) is 6.50. The fourth-order valence-corrected chi connectivity index (χ4v) is 1.65. The van der Waals surface area contributed by atoms with Crippen molar-refractivity contribution in [2.24, 2.45) is 5.11 Å². The smallest absolute Gasteiger partial charge is 0.105 e. The Balaban J connectivity index is 2.78. The van der Waals surface area contributed by atoms with Gasteiger partial charge in [-0.25, -0.2) is 0 Å². The maximum absolute atomic E-state index is 9.79. The number of benzene rings is 1. The zero-order valence-electron chi connectivity index (χ0n) is 8.49. The number of halogens is 1.